The molecule has 23 heavy (non-hydrogen) atoms. The largest absolute Gasteiger partial charge is 0.488 e. The van der Waals surface area contributed by atoms with Crippen LogP contribution in [0.15, 0.2) is 60.0 Å². The first kappa shape index (κ1) is 15.7. The van der Waals surface area contributed by atoms with Crippen molar-refractivity contribution in [3.8, 4) is 17.0 Å². The zero-order valence-corrected chi connectivity index (χ0v) is 14.0. The SMILES string of the molecule is CNCCc1nc(-c2ccccc2OCc2ccccc2)cs1. The Morgan fingerprint density at radius 2 is 1.83 bits per heavy atom. The molecule has 3 nitrogen and oxygen atoms in total. The van der Waals surface area contributed by atoms with E-state index in [2.05, 4.69) is 28.9 Å². The van der Waals surface area contributed by atoms with Crippen LogP contribution in [0.25, 0.3) is 11.3 Å². The van der Waals surface area contributed by atoms with Crippen molar-refractivity contribution in [2.24, 2.45) is 0 Å². The number of ether oxygens (including phenoxy) is 1. The van der Waals surface area contributed by atoms with Gasteiger partial charge in [0.2, 0.25) is 0 Å². The first-order valence-corrected chi connectivity index (χ1v) is 8.60. The van der Waals surface area contributed by atoms with Gasteiger partial charge in [-0.1, -0.05) is 42.5 Å². The summed E-state index contributed by atoms with van der Waals surface area (Å²) < 4.78 is 6.02. The highest BCUT2D eigenvalue weighted by Crippen LogP contribution is 2.31. The number of benzene rings is 2. The zero-order valence-electron chi connectivity index (χ0n) is 13.2. The van der Waals surface area contributed by atoms with Crippen LogP contribution in [0.2, 0.25) is 0 Å². The Hall–Kier alpha value is -2.17. The smallest absolute Gasteiger partial charge is 0.129 e. The molecule has 0 aliphatic rings. The van der Waals surface area contributed by atoms with Crippen LogP contribution in [0.1, 0.15) is 10.6 Å². The lowest BCUT2D eigenvalue weighted by atomic mass is 10.1. The monoisotopic (exact) mass is 324 g/mol. The van der Waals surface area contributed by atoms with Crippen LogP contribution in [0.4, 0.5) is 0 Å². The van der Waals surface area contributed by atoms with Gasteiger partial charge in [0.1, 0.15) is 12.4 Å². The summed E-state index contributed by atoms with van der Waals surface area (Å²) in [5, 5.41) is 6.41. The highest BCUT2D eigenvalue weighted by Gasteiger charge is 2.10. The van der Waals surface area contributed by atoms with E-state index in [0.717, 1.165) is 40.5 Å². The van der Waals surface area contributed by atoms with E-state index in [1.807, 2.05) is 43.4 Å². The fourth-order valence-corrected chi connectivity index (χ4v) is 3.12. The predicted molar refractivity (Wildman–Crippen MR) is 96.0 cm³/mol. The molecule has 0 bridgehead atoms. The molecule has 2 aromatic carbocycles. The minimum absolute atomic E-state index is 0.564. The second kappa shape index (κ2) is 7.90. The average Bonchev–Trinajstić information content (AvgIpc) is 3.08. The first-order chi connectivity index (χ1) is 11.4. The van der Waals surface area contributed by atoms with Crippen molar-refractivity contribution in [3.63, 3.8) is 0 Å². The van der Waals surface area contributed by atoms with Gasteiger partial charge in [-0.2, -0.15) is 0 Å². The Labute approximate surface area is 141 Å². The van der Waals surface area contributed by atoms with E-state index in [1.54, 1.807) is 11.3 Å². The van der Waals surface area contributed by atoms with Crippen LogP contribution in [0, 0.1) is 0 Å². The molecule has 0 aliphatic carbocycles. The third-order valence-corrected chi connectivity index (χ3v) is 4.45. The zero-order chi connectivity index (χ0) is 15.9. The first-order valence-electron chi connectivity index (χ1n) is 7.72. The lowest BCUT2D eigenvalue weighted by Crippen LogP contribution is -2.09. The number of hydrogen-bond donors (Lipinski definition) is 1. The third kappa shape index (κ3) is 4.18. The molecular weight excluding hydrogens is 304 g/mol. The minimum atomic E-state index is 0.564. The summed E-state index contributed by atoms with van der Waals surface area (Å²) in [6, 6.07) is 18.3. The summed E-state index contributed by atoms with van der Waals surface area (Å²) >= 11 is 1.70. The van der Waals surface area contributed by atoms with Gasteiger partial charge in [0.15, 0.2) is 0 Å². The Balaban J connectivity index is 1.76. The van der Waals surface area contributed by atoms with Crippen LogP contribution in [0.3, 0.4) is 0 Å². The van der Waals surface area contributed by atoms with Crippen molar-refractivity contribution in [1.82, 2.24) is 10.3 Å². The Morgan fingerprint density at radius 3 is 2.65 bits per heavy atom. The van der Waals surface area contributed by atoms with Crippen molar-refractivity contribution in [3.05, 3.63) is 70.5 Å². The number of hydrogen-bond acceptors (Lipinski definition) is 4. The van der Waals surface area contributed by atoms with E-state index in [0.29, 0.717) is 6.61 Å². The van der Waals surface area contributed by atoms with Gasteiger partial charge in [0.05, 0.1) is 10.7 Å². The Morgan fingerprint density at radius 1 is 1.04 bits per heavy atom. The van der Waals surface area contributed by atoms with Gasteiger partial charge in [-0.15, -0.1) is 11.3 Å². The van der Waals surface area contributed by atoms with Crippen LogP contribution < -0.4 is 10.1 Å². The van der Waals surface area contributed by atoms with Crippen molar-refractivity contribution >= 4 is 11.3 Å². The summed E-state index contributed by atoms with van der Waals surface area (Å²) in [5.74, 6) is 0.877. The van der Waals surface area contributed by atoms with Crippen molar-refractivity contribution < 1.29 is 4.74 Å². The van der Waals surface area contributed by atoms with E-state index in [-0.39, 0.29) is 0 Å². The molecule has 0 radical (unpaired) electrons. The maximum atomic E-state index is 6.02. The molecule has 0 unspecified atom stereocenters. The molecule has 0 aliphatic heterocycles. The number of para-hydroxylation sites is 1. The second-order valence-corrected chi connectivity index (χ2v) is 6.19. The molecule has 0 fully saturated rings. The van der Waals surface area contributed by atoms with Gasteiger partial charge in [-0.25, -0.2) is 4.98 Å². The van der Waals surface area contributed by atoms with Gasteiger partial charge < -0.3 is 10.1 Å². The van der Waals surface area contributed by atoms with E-state index < -0.39 is 0 Å². The maximum absolute atomic E-state index is 6.02. The van der Waals surface area contributed by atoms with Gasteiger partial charge >= 0.3 is 0 Å². The van der Waals surface area contributed by atoms with Crippen LogP contribution in [-0.2, 0) is 13.0 Å². The molecule has 3 rings (SSSR count). The maximum Gasteiger partial charge on any atom is 0.129 e. The number of rotatable bonds is 7. The lowest BCUT2D eigenvalue weighted by Gasteiger charge is -2.10. The molecule has 118 valence electrons. The van der Waals surface area contributed by atoms with Crippen molar-refractivity contribution in [1.29, 1.82) is 0 Å². The van der Waals surface area contributed by atoms with Gasteiger partial charge in [-0.3, -0.25) is 0 Å². The number of nitrogens with zero attached hydrogens (tertiary/aromatic N) is 1. The fourth-order valence-electron chi connectivity index (χ4n) is 2.32. The minimum Gasteiger partial charge on any atom is -0.488 e. The molecule has 0 saturated carbocycles. The molecule has 0 amide bonds. The summed E-state index contributed by atoms with van der Waals surface area (Å²) in [6.07, 6.45) is 0.953. The van der Waals surface area contributed by atoms with Gasteiger partial charge in [0, 0.05) is 23.9 Å². The summed E-state index contributed by atoms with van der Waals surface area (Å²) in [4.78, 5) is 4.73. The van der Waals surface area contributed by atoms with Crippen LogP contribution in [0.5, 0.6) is 5.75 Å². The predicted octanol–water partition coefficient (Wildman–Crippen LogP) is 4.15. The van der Waals surface area contributed by atoms with E-state index in [1.165, 1.54) is 0 Å². The number of likely N-dealkylation sites (N-methyl/N-ethyl adjacent to an activating group) is 1. The van der Waals surface area contributed by atoms with Crippen molar-refractivity contribution in [2.75, 3.05) is 13.6 Å². The van der Waals surface area contributed by atoms with Crippen LogP contribution in [-0.4, -0.2) is 18.6 Å². The van der Waals surface area contributed by atoms with E-state index >= 15 is 0 Å². The Bertz CT molecular complexity index is 740. The molecule has 0 spiro atoms. The van der Waals surface area contributed by atoms with E-state index in [4.69, 9.17) is 9.72 Å². The molecule has 4 heteroatoms. The summed E-state index contributed by atoms with van der Waals surface area (Å²) in [7, 11) is 1.96. The average molecular weight is 324 g/mol. The lowest BCUT2D eigenvalue weighted by molar-refractivity contribution is 0.307. The molecule has 1 heterocycles. The molecular formula is C19H20N2OS. The molecule has 3 aromatic rings. The van der Waals surface area contributed by atoms with Gasteiger partial charge in [-0.05, 0) is 24.7 Å². The second-order valence-electron chi connectivity index (χ2n) is 5.25. The quantitative estimate of drug-likeness (QED) is 0.709. The third-order valence-electron chi connectivity index (χ3n) is 3.54. The number of nitrogens with one attached hydrogen (secondary N) is 1. The topological polar surface area (TPSA) is 34.2 Å². The Kier molecular flexibility index (Phi) is 5.40. The normalized spacial score (nSPS) is 10.7. The van der Waals surface area contributed by atoms with E-state index in [9.17, 15) is 0 Å². The van der Waals surface area contributed by atoms with Gasteiger partial charge in [0.25, 0.3) is 0 Å². The standard InChI is InChI=1S/C19H20N2OS/c1-20-12-11-19-21-17(14-23-19)16-9-5-6-10-18(16)22-13-15-7-3-2-4-8-15/h2-10,14,20H,11-13H2,1H3. The molecule has 0 saturated heterocycles. The number of aromatic nitrogens is 1. The van der Waals surface area contributed by atoms with Crippen LogP contribution >= 0.6 is 11.3 Å². The number of thiazole rings is 1. The highest BCUT2D eigenvalue weighted by atomic mass is 32.1. The molecule has 0 atom stereocenters. The fraction of sp³-hybridized carbons (Fsp3) is 0.211. The molecule has 1 aromatic heterocycles. The summed E-state index contributed by atoms with van der Waals surface area (Å²) in [5.41, 5.74) is 3.20. The molecule has 1 N–H and O–H groups in total. The summed E-state index contributed by atoms with van der Waals surface area (Å²) in [6.45, 7) is 1.51. The van der Waals surface area contributed by atoms with Crippen molar-refractivity contribution in [2.45, 2.75) is 13.0 Å². The highest BCUT2D eigenvalue weighted by molar-refractivity contribution is 7.09.